The fourth-order valence-electron chi connectivity index (χ4n) is 2.26. The van der Waals surface area contributed by atoms with Crippen LogP contribution in [-0.4, -0.2) is 31.8 Å². The molecule has 0 atom stereocenters. The van der Waals surface area contributed by atoms with Crippen LogP contribution in [0.5, 0.6) is 17.2 Å². The van der Waals surface area contributed by atoms with Gasteiger partial charge in [-0.25, -0.2) is 0 Å². The zero-order valence-electron chi connectivity index (χ0n) is 13.1. The Kier molecular flexibility index (Phi) is 6.00. The first-order chi connectivity index (χ1) is 11.3. The van der Waals surface area contributed by atoms with Gasteiger partial charge in [0.25, 0.3) is 0 Å². The van der Waals surface area contributed by atoms with Gasteiger partial charge < -0.3 is 14.2 Å². The van der Waals surface area contributed by atoms with Crippen molar-refractivity contribution in [3.63, 3.8) is 0 Å². The van der Waals surface area contributed by atoms with E-state index in [1.807, 2.05) is 59.9 Å². The first-order valence-electron chi connectivity index (χ1n) is 7.58. The molecule has 3 nitrogen and oxygen atoms in total. The van der Waals surface area contributed by atoms with Crippen LogP contribution in [0.4, 0.5) is 0 Å². The summed E-state index contributed by atoms with van der Waals surface area (Å²) < 4.78 is 17.1. The molecule has 0 amide bonds. The molecule has 1 heterocycles. The molecule has 122 valence electrons. The van der Waals surface area contributed by atoms with Crippen LogP contribution in [-0.2, 0) is 0 Å². The Balaban J connectivity index is 1.41. The van der Waals surface area contributed by atoms with Gasteiger partial charge in [-0.15, -0.1) is 23.5 Å². The number of methoxy groups -OCH3 is 1. The number of thioether (sulfide) groups is 2. The zero-order valence-corrected chi connectivity index (χ0v) is 14.7. The van der Waals surface area contributed by atoms with Crippen molar-refractivity contribution in [1.29, 1.82) is 0 Å². The van der Waals surface area contributed by atoms with Gasteiger partial charge >= 0.3 is 0 Å². The van der Waals surface area contributed by atoms with Crippen molar-refractivity contribution in [2.75, 3.05) is 31.8 Å². The normalized spacial score (nSPS) is 14.7. The van der Waals surface area contributed by atoms with E-state index in [9.17, 15) is 0 Å². The second-order valence-corrected chi connectivity index (χ2v) is 7.74. The van der Waals surface area contributed by atoms with Crippen molar-refractivity contribution < 1.29 is 14.2 Å². The summed E-state index contributed by atoms with van der Waals surface area (Å²) in [4.78, 5) is 0. The molecule has 0 aromatic heterocycles. The molecule has 1 aliphatic rings. The lowest BCUT2D eigenvalue weighted by atomic mass is 10.2. The quantitative estimate of drug-likeness (QED) is 0.680. The van der Waals surface area contributed by atoms with Gasteiger partial charge in [0.15, 0.2) is 0 Å². The number of benzene rings is 2. The highest BCUT2D eigenvalue weighted by Gasteiger charge is 2.17. The van der Waals surface area contributed by atoms with Crippen molar-refractivity contribution in [2.45, 2.75) is 4.58 Å². The predicted molar refractivity (Wildman–Crippen MR) is 98.1 cm³/mol. The van der Waals surface area contributed by atoms with Gasteiger partial charge in [-0.05, 0) is 42.0 Å². The largest absolute Gasteiger partial charge is 0.497 e. The number of hydrogen-bond donors (Lipinski definition) is 0. The molecule has 0 N–H and O–H groups in total. The highest BCUT2D eigenvalue weighted by atomic mass is 32.2. The average molecular weight is 348 g/mol. The Labute approximate surface area is 145 Å². The molecule has 1 saturated heterocycles. The van der Waals surface area contributed by atoms with Crippen molar-refractivity contribution >= 4 is 23.5 Å². The zero-order chi connectivity index (χ0) is 15.9. The van der Waals surface area contributed by atoms with Crippen LogP contribution >= 0.6 is 23.5 Å². The Morgan fingerprint density at radius 2 is 1.26 bits per heavy atom. The molecule has 2 aromatic carbocycles. The van der Waals surface area contributed by atoms with Crippen molar-refractivity contribution in [1.82, 2.24) is 0 Å². The van der Waals surface area contributed by atoms with Crippen LogP contribution in [0.1, 0.15) is 10.1 Å². The fourth-order valence-corrected chi connectivity index (χ4v) is 5.12. The minimum absolute atomic E-state index is 0.516. The molecular weight excluding hydrogens is 328 g/mol. The molecular formula is C18H20O3S2. The first kappa shape index (κ1) is 16.4. The molecule has 0 aliphatic carbocycles. The summed E-state index contributed by atoms with van der Waals surface area (Å²) in [5, 5.41) is 0. The predicted octanol–water partition coefficient (Wildman–Crippen LogP) is 4.63. The van der Waals surface area contributed by atoms with E-state index in [1.54, 1.807) is 7.11 Å². The van der Waals surface area contributed by atoms with Gasteiger partial charge in [0.1, 0.15) is 30.5 Å². The molecule has 1 fully saturated rings. The van der Waals surface area contributed by atoms with Gasteiger partial charge in [-0.1, -0.05) is 12.1 Å². The van der Waals surface area contributed by atoms with Crippen LogP contribution < -0.4 is 14.2 Å². The third-order valence-corrected chi connectivity index (χ3v) is 6.56. The average Bonchev–Trinajstić information content (AvgIpc) is 3.14. The van der Waals surface area contributed by atoms with Gasteiger partial charge in [0.05, 0.1) is 11.7 Å². The number of hydrogen-bond acceptors (Lipinski definition) is 5. The summed E-state index contributed by atoms with van der Waals surface area (Å²) in [5.74, 6) is 5.03. The summed E-state index contributed by atoms with van der Waals surface area (Å²) in [7, 11) is 1.65. The van der Waals surface area contributed by atoms with E-state index in [2.05, 4.69) is 12.1 Å². The Morgan fingerprint density at radius 1 is 0.783 bits per heavy atom. The lowest BCUT2D eigenvalue weighted by molar-refractivity contribution is 0.217. The summed E-state index contributed by atoms with van der Waals surface area (Å²) in [5.41, 5.74) is 1.37. The van der Waals surface area contributed by atoms with Crippen LogP contribution in [0.3, 0.4) is 0 Å². The number of ether oxygens (including phenoxy) is 3. The molecule has 0 radical (unpaired) electrons. The van der Waals surface area contributed by atoms with E-state index in [0.29, 0.717) is 17.8 Å². The van der Waals surface area contributed by atoms with Gasteiger partial charge in [-0.2, -0.15) is 0 Å². The van der Waals surface area contributed by atoms with Gasteiger partial charge in [0, 0.05) is 11.5 Å². The summed E-state index contributed by atoms with van der Waals surface area (Å²) in [6, 6.07) is 16.0. The minimum atomic E-state index is 0.516. The molecule has 0 bridgehead atoms. The molecule has 0 unspecified atom stereocenters. The van der Waals surface area contributed by atoms with E-state index in [-0.39, 0.29) is 0 Å². The first-order valence-corrected chi connectivity index (χ1v) is 9.68. The van der Waals surface area contributed by atoms with Crippen LogP contribution in [0.15, 0.2) is 48.5 Å². The minimum Gasteiger partial charge on any atom is -0.497 e. The summed E-state index contributed by atoms with van der Waals surface area (Å²) in [6.45, 7) is 1.04. The molecule has 0 saturated carbocycles. The second-order valence-electron chi connectivity index (χ2n) is 5.01. The van der Waals surface area contributed by atoms with Gasteiger partial charge in [0.2, 0.25) is 0 Å². The summed E-state index contributed by atoms with van der Waals surface area (Å²) in [6.07, 6.45) is 0. The maximum absolute atomic E-state index is 5.73. The topological polar surface area (TPSA) is 27.7 Å². The lowest BCUT2D eigenvalue weighted by Gasteiger charge is -2.11. The highest BCUT2D eigenvalue weighted by molar-refractivity contribution is 8.19. The molecule has 23 heavy (non-hydrogen) atoms. The Hall–Kier alpha value is -1.46. The summed E-state index contributed by atoms with van der Waals surface area (Å²) >= 11 is 4.03. The molecule has 1 aliphatic heterocycles. The lowest BCUT2D eigenvalue weighted by Crippen LogP contribution is -2.08. The van der Waals surface area contributed by atoms with Crippen LogP contribution in [0.25, 0.3) is 0 Å². The standard InChI is InChI=1S/C18H20O3S2/c1-19-15-6-8-17(9-7-15)21-11-10-20-16-4-2-14(3-5-16)18-22-12-13-23-18/h2-9,18H,10-13H2,1H3. The van der Waals surface area contributed by atoms with E-state index in [0.717, 1.165) is 17.2 Å². The highest BCUT2D eigenvalue weighted by Crippen LogP contribution is 2.45. The van der Waals surface area contributed by atoms with Crippen LogP contribution in [0.2, 0.25) is 0 Å². The second kappa shape index (κ2) is 8.41. The van der Waals surface area contributed by atoms with E-state index in [1.165, 1.54) is 17.1 Å². The number of rotatable bonds is 7. The maximum atomic E-state index is 5.73. The maximum Gasteiger partial charge on any atom is 0.122 e. The molecule has 5 heteroatoms. The van der Waals surface area contributed by atoms with Crippen molar-refractivity contribution in [2.24, 2.45) is 0 Å². The van der Waals surface area contributed by atoms with E-state index < -0.39 is 0 Å². The molecule has 2 aromatic rings. The SMILES string of the molecule is COc1ccc(OCCOc2ccc(C3SCCS3)cc2)cc1. The third-order valence-electron chi connectivity index (χ3n) is 3.45. The Bertz CT molecular complexity index is 593. The molecule has 0 spiro atoms. The van der Waals surface area contributed by atoms with Gasteiger partial charge in [-0.3, -0.25) is 0 Å². The van der Waals surface area contributed by atoms with Crippen molar-refractivity contribution in [3.05, 3.63) is 54.1 Å². The van der Waals surface area contributed by atoms with E-state index in [4.69, 9.17) is 14.2 Å². The fraction of sp³-hybridized carbons (Fsp3) is 0.333. The smallest absolute Gasteiger partial charge is 0.122 e. The molecule has 3 rings (SSSR count). The van der Waals surface area contributed by atoms with Crippen LogP contribution in [0, 0.1) is 0 Å². The monoisotopic (exact) mass is 348 g/mol. The van der Waals surface area contributed by atoms with Crippen molar-refractivity contribution in [3.8, 4) is 17.2 Å². The van der Waals surface area contributed by atoms with E-state index >= 15 is 0 Å². The third kappa shape index (κ3) is 4.75. The Morgan fingerprint density at radius 3 is 1.78 bits per heavy atom.